The van der Waals surface area contributed by atoms with Crippen LogP contribution in [0, 0.1) is 0 Å². The summed E-state index contributed by atoms with van der Waals surface area (Å²) in [7, 11) is 1.50. The van der Waals surface area contributed by atoms with E-state index in [0.717, 1.165) is 0 Å². The first-order valence-corrected chi connectivity index (χ1v) is 3.12. The second-order valence-electron chi connectivity index (χ2n) is 1.76. The molecule has 0 saturated carbocycles. The Hall–Kier alpha value is -1.46. The van der Waals surface area contributed by atoms with Gasteiger partial charge in [0.2, 0.25) is 0 Å². The zero-order chi connectivity index (χ0) is 8.69. The summed E-state index contributed by atoms with van der Waals surface area (Å²) in [6, 6.07) is -1.15. The van der Waals surface area contributed by atoms with E-state index in [0.29, 0.717) is 6.54 Å². The summed E-state index contributed by atoms with van der Waals surface area (Å²) < 4.78 is 0. The van der Waals surface area contributed by atoms with Crippen molar-refractivity contribution in [2.45, 2.75) is 0 Å². The molecule has 0 fully saturated rings. The summed E-state index contributed by atoms with van der Waals surface area (Å²) >= 11 is 0. The number of nitrogens with one attached hydrogen (secondary N) is 4. The SMILES string of the molecule is CNC(=O)NCCNC([NH])=O. The van der Waals surface area contributed by atoms with Gasteiger partial charge in [0.25, 0.3) is 0 Å². The molecule has 0 atom stereocenters. The normalized spacial score (nSPS) is 8.45. The quantitative estimate of drug-likeness (QED) is 0.456. The molecular weight excluding hydrogens is 148 g/mol. The molecule has 0 aromatic carbocycles. The van der Waals surface area contributed by atoms with Gasteiger partial charge in [0, 0.05) is 20.1 Å². The van der Waals surface area contributed by atoms with E-state index in [4.69, 9.17) is 5.73 Å². The van der Waals surface area contributed by atoms with Crippen molar-refractivity contribution in [1.82, 2.24) is 21.7 Å². The topological polar surface area (TPSA) is 94.0 Å². The van der Waals surface area contributed by atoms with Crippen LogP contribution in [0.25, 0.3) is 0 Å². The highest BCUT2D eigenvalue weighted by molar-refractivity contribution is 5.73. The summed E-state index contributed by atoms with van der Waals surface area (Å²) in [5.74, 6) is 0. The Labute approximate surface area is 64.5 Å². The van der Waals surface area contributed by atoms with E-state index in [1.807, 2.05) is 0 Å². The molecule has 63 valence electrons. The van der Waals surface area contributed by atoms with E-state index in [1.54, 1.807) is 0 Å². The fourth-order valence-corrected chi connectivity index (χ4v) is 0.440. The maximum absolute atomic E-state index is 10.5. The molecule has 0 aliphatic heterocycles. The van der Waals surface area contributed by atoms with Crippen LogP contribution in [0.2, 0.25) is 0 Å². The lowest BCUT2D eigenvalue weighted by Crippen LogP contribution is -2.38. The minimum atomic E-state index is -0.844. The molecule has 0 rings (SSSR count). The fraction of sp³-hybridized carbons (Fsp3) is 0.600. The van der Waals surface area contributed by atoms with Crippen LogP contribution in [-0.4, -0.2) is 32.2 Å². The van der Waals surface area contributed by atoms with Crippen molar-refractivity contribution < 1.29 is 9.59 Å². The van der Waals surface area contributed by atoms with Gasteiger partial charge in [0.05, 0.1) is 0 Å². The Morgan fingerprint density at radius 3 is 2.27 bits per heavy atom. The van der Waals surface area contributed by atoms with Crippen molar-refractivity contribution in [1.29, 1.82) is 0 Å². The molecule has 0 spiro atoms. The number of amides is 4. The van der Waals surface area contributed by atoms with Crippen LogP contribution in [0.4, 0.5) is 9.59 Å². The monoisotopic (exact) mass is 159 g/mol. The van der Waals surface area contributed by atoms with Gasteiger partial charge in [0.15, 0.2) is 0 Å². The molecule has 0 aliphatic carbocycles. The molecule has 11 heavy (non-hydrogen) atoms. The molecule has 1 radical (unpaired) electrons. The van der Waals surface area contributed by atoms with E-state index in [2.05, 4.69) is 16.0 Å². The predicted molar refractivity (Wildman–Crippen MR) is 39.0 cm³/mol. The predicted octanol–water partition coefficient (Wildman–Crippen LogP) is -1.09. The third kappa shape index (κ3) is 6.42. The number of urea groups is 2. The third-order valence-corrected chi connectivity index (χ3v) is 0.923. The van der Waals surface area contributed by atoms with Crippen LogP contribution in [0.3, 0.4) is 0 Å². The lowest BCUT2D eigenvalue weighted by Gasteiger charge is -2.03. The standard InChI is InChI=1S/C5H11N4O2/c1-7-5(11)9-3-2-8-4(6)10/h6H,2-3H2,1H3,(H,8,10)(H2,7,9,11). The van der Waals surface area contributed by atoms with Gasteiger partial charge in [-0.3, -0.25) is 0 Å². The average molecular weight is 159 g/mol. The molecule has 6 nitrogen and oxygen atoms in total. The minimum Gasteiger partial charge on any atom is -0.341 e. The van der Waals surface area contributed by atoms with Gasteiger partial charge >= 0.3 is 12.1 Å². The summed E-state index contributed by atoms with van der Waals surface area (Å²) in [6.45, 7) is 0.597. The lowest BCUT2D eigenvalue weighted by molar-refractivity contribution is 0.240. The summed E-state index contributed by atoms with van der Waals surface area (Å²) in [5.41, 5.74) is 6.43. The summed E-state index contributed by atoms with van der Waals surface area (Å²) in [5, 5.41) is 6.99. The van der Waals surface area contributed by atoms with Gasteiger partial charge < -0.3 is 16.0 Å². The number of hydrogen-bond donors (Lipinski definition) is 3. The largest absolute Gasteiger partial charge is 0.341 e. The van der Waals surface area contributed by atoms with E-state index in [1.165, 1.54) is 7.05 Å². The molecule has 0 saturated heterocycles. The van der Waals surface area contributed by atoms with Crippen LogP contribution in [0.15, 0.2) is 0 Å². The molecule has 0 aliphatic rings. The van der Waals surface area contributed by atoms with Crippen LogP contribution in [0.5, 0.6) is 0 Å². The minimum absolute atomic E-state index is 0.274. The molecule has 0 aromatic rings. The van der Waals surface area contributed by atoms with Crippen LogP contribution < -0.4 is 21.7 Å². The molecule has 0 aromatic heterocycles. The van der Waals surface area contributed by atoms with Gasteiger partial charge in [-0.15, -0.1) is 0 Å². The van der Waals surface area contributed by atoms with E-state index < -0.39 is 6.03 Å². The number of rotatable bonds is 3. The Morgan fingerprint density at radius 1 is 1.27 bits per heavy atom. The second kappa shape index (κ2) is 5.33. The summed E-state index contributed by atoms with van der Waals surface area (Å²) in [6.07, 6.45) is 0. The molecule has 0 bridgehead atoms. The highest BCUT2D eigenvalue weighted by Gasteiger charge is 1.94. The van der Waals surface area contributed by atoms with E-state index >= 15 is 0 Å². The third-order valence-electron chi connectivity index (χ3n) is 0.923. The van der Waals surface area contributed by atoms with Crippen molar-refractivity contribution in [3.8, 4) is 0 Å². The van der Waals surface area contributed by atoms with Gasteiger partial charge in [-0.25, -0.2) is 15.3 Å². The highest BCUT2D eigenvalue weighted by Crippen LogP contribution is 1.62. The molecular formula is C5H11N4O2. The highest BCUT2D eigenvalue weighted by atomic mass is 16.2. The van der Waals surface area contributed by atoms with Crippen molar-refractivity contribution in [2.75, 3.05) is 20.1 Å². The smallest absolute Gasteiger partial charge is 0.333 e. The Kier molecular flexibility index (Phi) is 4.63. The van der Waals surface area contributed by atoms with E-state index in [9.17, 15) is 9.59 Å². The fourth-order valence-electron chi connectivity index (χ4n) is 0.440. The number of carbonyl (C=O) groups is 2. The molecule has 4 amide bonds. The van der Waals surface area contributed by atoms with Crippen molar-refractivity contribution in [3.63, 3.8) is 0 Å². The summed E-state index contributed by atoms with van der Waals surface area (Å²) in [4.78, 5) is 20.5. The molecule has 6 heteroatoms. The average Bonchev–Trinajstić information content (AvgIpc) is 1.97. The zero-order valence-corrected chi connectivity index (χ0v) is 6.23. The van der Waals surface area contributed by atoms with Crippen molar-refractivity contribution in [2.24, 2.45) is 0 Å². The Bertz CT molecular complexity index is 147. The maximum Gasteiger partial charge on any atom is 0.333 e. The molecule has 4 N–H and O–H groups in total. The Morgan fingerprint density at radius 2 is 1.82 bits per heavy atom. The van der Waals surface area contributed by atoms with Crippen LogP contribution >= 0.6 is 0 Å². The first kappa shape index (κ1) is 9.54. The first-order valence-electron chi connectivity index (χ1n) is 3.12. The van der Waals surface area contributed by atoms with E-state index in [-0.39, 0.29) is 12.6 Å². The Balaban J connectivity index is 3.14. The molecule has 0 heterocycles. The first-order chi connectivity index (χ1) is 5.16. The zero-order valence-electron chi connectivity index (χ0n) is 6.23. The van der Waals surface area contributed by atoms with Gasteiger partial charge in [-0.05, 0) is 0 Å². The van der Waals surface area contributed by atoms with Gasteiger partial charge in [0.1, 0.15) is 0 Å². The lowest BCUT2D eigenvalue weighted by atomic mass is 10.6. The van der Waals surface area contributed by atoms with Crippen LogP contribution in [-0.2, 0) is 0 Å². The van der Waals surface area contributed by atoms with Gasteiger partial charge in [-0.2, -0.15) is 0 Å². The van der Waals surface area contributed by atoms with Gasteiger partial charge in [-0.1, -0.05) is 0 Å². The molecule has 0 unspecified atom stereocenters. The van der Waals surface area contributed by atoms with Crippen molar-refractivity contribution >= 4 is 12.1 Å². The maximum atomic E-state index is 10.5. The second-order valence-corrected chi connectivity index (χ2v) is 1.76. The number of hydrogen-bond acceptors (Lipinski definition) is 2. The van der Waals surface area contributed by atoms with Crippen molar-refractivity contribution in [3.05, 3.63) is 0 Å². The van der Waals surface area contributed by atoms with Crippen LogP contribution in [0.1, 0.15) is 0 Å². The number of carbonyl (C=O) groups excluding carboxylic acids is 2.